The zero-order valence-corrected chi connectivity index (χ0v) is 28.8. The van der Waals surface area contributed by atoms with Crippen molar-refractivity contribution >= 4 is 12.1 Å². The van der Waals surface area contributed by atoms with Gasteiger partial charge in [-0.3, -0.25) is 14.7 Å². The van der Waals surface area contributed by atoms with Crippen LogP contribution in [0.5, 0.6) is 0 Å². The summed E-state index contributed by atoms with van der Waals surface area (Å²) in [7, 11) is 0. The van der Waals surface area contributed by atoms with Gasteiger partial charge in [0, 0.05) is 57.0 Å². The van der Waals surface area contributed by atoms with Crippen molar-refractivity contribution < 1.29 is 24.2 Å². The summed E-state index contributed by atoms with van der Waals surface area (Å²) in [5.74, 6) is -0.231. The summed E-state index contributed by atoms with van der Waals surface area (Å²) >= 11 is 0. The zero-order valence-electron chi connectivity index (χ0n) is 28.8. The van der Waals surface area contributed by atoms with E-state index in [1.54, 1.807) is 30.3 Å². The first-order chi connectivity index (χ1) is 22.0. The average molecular weight is 636 g/mol. The van der Waals surface area contributed by atoms with Crippen molar-refractivity contribution in [3.8, 4) is 0 Å². The van der Waals surface area contributed by atoms with Crippen LogP contribution in [0.2, 0.25) is 0 Å². The van der Waals surface area contributed by atoms with Gasteiger partial charge in [-0.25, -0.2) is 4.79 Å². The van der Waals surface area contributed by atoms with Gasteiger partial charge in [-0.1, -0.05) is 70.8 Å². The maximum absolute atomic E-state index is 13.5. The normalized spacial score (nSPS) is 31.3. The number of cyclic esters (lactones) is 1. The molecule has 2 aliphatic heterocycles. The first-order valence-corrected chi connectivity index (χ1v) is 17.6. The van der Waals surface area contributed by atoms with E-state index in [0.717, 1.165) is 18.7 Å². The van der Waals surface area contributed by atoms with Crippen LogP contribution in [-0.4, -0.2) is 82.0 Å². The second kappa shape index (κ2) is 17.3. The number of ether oxygens (including phenoxy) is 2. The molecule has 4 rings (SSSR count). The van der Waals surface area contributed by atoms with Crippen molar-refractivity contribution in [2.45, 2.75) is 122 Å². The highest BCUT2D eigenvalue weighted by molar-refractivity contribution is 5.70. The summed E-state index contributed by atoms with van der Waals surface area (Å²) in [6, 6.07) is 4.63. The standard InChI is InChI=1S/C38H57N3O5/c1-28-17-20-38(5,44)34(45-37(43)41-25-23-40(24-26-41)33-13-8-6-7-9-14-33)16-15-31(4)36(46-35(42)27-28)30(3)12-10-11-29(2)32-18-21-39-22-19-32/h10-12,15-16,18-19,21-22,28-29,31,33-34,36,44H,6-9,13-14,17,20,23-27H2,1-5H3/b11-10+,16-15+,30-12+/t28-,29?,31+,34+,36-,38-/m1/s1. The molecule has 254 valence electrons. The third-order valence-corrected chi connectivity index (χ3v) is 10.2. The number of carbonyl (C=O) groups is 2. The van der Waals surface area contributed by atoms with Gasteiger partial charge in [0.05, 0.1) is 0 Å². The number of carbonyl (C=O) groups excluding carboxylic acids is 2. The van der Waals surface area contributed by atoms with Gasteiger partial charge >= 0.3 is 12.1 Å². The fraction of sp³-hybridized carbons (Fsp3) is 0.658. The lowest BCUT2D eigenvalue weighted by Crippen LogP contribution is -2.53. The van der Waals surface area contributed by atoms with Crippen molar-refractivity contribution in [2.24, 2.45) is 11.8 Å². The average Bonchev–Trinajstić information content (AvgIpc) is 3.34. The summed E-state index contributed by atoms with van der Waals surface area (Å²) in [5, 5.41) is 11.6. The number of amides is 1. The molecule has 8 nitrogen and oxygen atoms in total. The molecule has 3 aliphatic rings. The quantitative estimate of drug-likeness (QED) is 0.153. The Balaban J connectivity index is 1.45. The largest absolute Gasteiger partial charge is 0.457 e. The van der Waals surface area contributed by atoms with Gasteiger partial charge in [0.25, 0.3) is 0 Å². The number of nitrogens with zero attached hydrogens (tertiary/aromatic N) is 3. The first-order valence-electron chi connectivity index (χ1n) is 17.6. The lowest BCUT2D eigenvalue weighted by Gasteiger charge is -2.40. The molecule has 0 aromatic carbocycles. The molecular weight excluding hydrogens is 578 g/mol. The molecular formula is C38H57N3O5. The van der Waals surface area contributed by atoms with E-state index >= 15 is 0 Å². The fourth-order valence-corrected chi connectivity index (χ4v) is 6.95. The highest BCUT2D eigenvalue weighted by Crippen LogP contribution is 2.29. The van der Waals surface area contributed by atoms with Crippen LogP contribution in [-0.2, 0) is 14.3 Å². The molecule has 1 aromatic rings. The molecule has 8 heteroatoms. The molecule has 0 radical (unpaired) electrons. The van der Waals surface area contributed by atoms with Crippen LogP contribution >= 0.6 is 0 Å². The number of rotatable bonds is 6. The molecule has 2 fully saturated rings. The number of hydrogen-bond donors (Lipinski definition) is 1. The van der Waals surface area contributed by atoms with E-state index in [1.165, 1.54) is 44.1 Å². The number of hydrogen-bond acceptors (Lipinski definition) is 7. The summed E-state index contributed by atoms with van der Waals surface area (Å²) in [6.45, 7) is 12.8. The molecule has 6 atom stereocenters. The Bertz CT molecular complexity index is 1200. The third-order valence-electron chi connectivity index (χ3n) is 10.2. The van der Waals surface area contributed by atoms with Crippen LogP contribution in [0.3, 0.4) is 0 Å². The van der Waals surface area contributed by atoms with Gasteiger partial charge in [-0.05, 0) is 80.7 Å². The van der Waals surface area contributed by atoms with Crippen molar-refractivity contribution in [2.75, 3.05) is 26.2 Å². The molecule has 1 unspecified atom stereocenters. The van der Waals surface area contributed by atoms with Crippen LogP contribution < -0.4 is 0 Å². The minimum Gasteiger partial charge on any atom is -0.457 e. The molecule has 1 aromatic heterocycles. The Morgan fingerprint density at radius 1 is 1.07 bits per heavy atom. The molecule has 1 N–H and O–H groups in total. The maximum atomic E-state index is 13.5. The van der Waals surface area contributed by atoms with Crippen molar-refractivity contribution in [3.63, 3.8) is 0 Å². The molecule has 3 heterocycles. The highest BCUT2D eigenvalue weighted by Gasteiger charge is 2.37. The Morgan fingerprint density at radius 3 is 2.41 bits per heavy atom. The van der Waals surface area contributed by atoms with Crippen LogP contribution in [0.25, 0.3) is 0 Å². The van der Waals surface area contributed by atoms with Crippen LogP contribution in [0.15, 0.2) is 60.5 Å². The topological polar surface area (TPSA) is 92.2 Å². The third kappa shape index (κ3) is 10.5. The lowest BCUT2D eigenvalue weighted by molar-refractivity contribution is -0.150. The molecule has 1 aliphatic carbocycles. The van der Waals surface area contributed by atoms with Gasteiger partial charge in [0.1, 0.15) is 11.7 Å². The van der Waals surface area contributed by atoms with Gasteiger partial charge in [-0.15, -0.1) is 0 Å². The Labute approximate surface area is 276 Å². The lowest BCUT2D eigenvalue weighted by atomic mass is 9.87. The molecule has 1 saturated carbocycles. The zero-order chi connectivity index (χ0) is 33.1. The van der Waals surface area contributed by atoms with E-state index in [0.29, 0.717) is 32.0 Å². The van der Waals surface area contributed by atoms with Gasteiger partial charge in [-0.2, -0.15) is 0 Å². The van der Waals surface area contributed by atoms with E-state index in [1.807, 2.05) is 51.1 Å². The Morgan fingerprint density at radius 2 is 1.74 bits per heavy atom. The Hall–Kier alpha value is -2.97. The van der Waals surface area contributed by atoms with Gasteiger partial charge < -0.3 is 19.5 Å². The van der Waals surface area contributed by atoms with Crippen molar-refractivity contribution in [3.05, 3.63) is 66.0 Å². The molecule has 0 spiro atoms. The minimum atomic E-state index is -1.28. The number of pyridine rings is 1. The molecule has 1 saturated heterocycles. The SMILES string of the molecule is C/C(=C\C=C\C(C)c1ccncc1)[C@H]1OC(=O)C[C@H](C)CC[C@@](C)(O)[C@@H](OC(=O)N2CCN(C3CCCCCC3)CC2)/C=C/[C@@H]1C. The van der Waals surface area contributed by atoms with Crippen molar-refractivity contribution in [1.82, 2.24) is 14.8 Å². The minimum absolute atomic E-state index is 0.0112. The van der Waals surface area contributed by atoms with Crippen LogP contribution in [0, 0.1) is 11.8 Å². The summed E-state index contributed by atoms with van der Waals surface area (Å²) in [5.41, 5.74) is 0.812. The van der Waals surface area contributed by atoms with E-state index < -0.39 is 17.8 Å². The predicted molar refractivity (Wildman–Crippen MR) is 182 cm³/mol. The van der Waals surface area contributed by atoms with E-state index in [2.05, 4.69) is 22.9 Å². The van der Waals surface area contributed by atoms with Gasteiger partial charge in [0.2, 0.25) is 0 Å². The summed E-state index contributed by atoms with van der Waals surface area (Å²) in [6.07, 6.45) is 20.8. The summed E-state index contributed by atoms with van der Waals surface area (Å²) in [4.78, 5) is 34.9. The number of aromatic nitrogens is 1. The highest BCUT2D eigenvalue weighted by atomic mass is 16.6. The number of piperazine rings is 1. The van der Waals surface area contributed by atoms with E-state index in [9.17, 15) is 14.7 Å². The number of esters is 1. The monoisotopic (exact) mass is 635 g/mol. The maximum Gasteiger partial charge on any atom is 0.410 e. The molecule has 0 bridgehead atoms. The smallest absolute Gasteiger partial charge is 0.410 e. The molecule has 46 heavy (non-hydrogen) atoms. The van der Waals surface area contributed by atoms with Crippen LogP contribution in [0.4, 0.5) is 4.79 Å². The number of allylic oxidation sites excluding steroid dienone is 3. The fourth-order valence-electron chi connectivity index (χ4n) is 6.95. The molecule has 1 amide bonds. The second-order valence-electron chi connectivity index (χ2n) is 14.2. The summed E-state index contributed by atoms with van der Waals surface area (Å²) < 4.78 is 12.1. The van der Waals surface area contributed by atoms with E-state index in [4.69, 9.17) is 9.47 Å². The second-order valence-corrected chi connectivity index (χ2v) is 14.2. The van der Waals surface area contributed by atoms with Crippen LogP contribution in [0.1, 0.15) is 104 Å². The van der Waals surface area contributed by atoms with E-state index in [-0.39, 0.29) is 36.2 Å². The van der Waals surface area contributed by atoms with Crippen molar-refractivity contribution in [1.29, 1.82) is 0 Å². The Kier molecular flexibility index (Phi) is 13.5. The predicted octanol–water partition coefficient (Wildman–Crippen LogP) is 7.21. The number of aliphatic hydroxyl groups is 1. The van der Waals surface area contributed by atoms with Gasteiger partial charge in [0.15, 0.2) is 6.10 Å². The first kappa shape index (κ1) is 35.9.